The molecule has 9 heteroatoms. The third-order valence-electron chi connectivity index (χ3n) is 6.14. The smallest absolute Gasteiger partial charge is 0.416 e. The Balaban J connectivity index is 0.000000434. The summed E-state index contributed by atoms with van der Waals surface area (Å²) in [6.07, 6.45) is 7.19. The maximum Gasteiger partial charge on any atom is 0.416 e. The van der Waals surface area contributed by atoms with Crippen LogP contribution in [0.15, 0.2) is 12.1 Å². The Morgan fingerprint density at radius 3 is 2.67 bits per heavy atom. The molecule has 3 heterocycles. The van der Waals surface area contributed by atoms with Crippen LogP contribution in [0.3, 0.4) is 0 Å². The van der Waals surface area contributed by atoms with Crippen LogP contribution in [0.2, 0.25) is 0 Å². The molecule has 1 aromatic rings. The van der Waals surface area contributed by atoms with E-state index in [9.17, 15) is 14.4 Å². The minimum atomic E-state index is -0.488. The number of aromatic nitrogens is 1. The highest BCUT2D eigenvalue weighted by Gasteiger charge is 2.28. The van der Waals surface area contributed by atoms with Crippen LogP contribution in [-0.4, -0.2) is 73.8 Å². The molecule has 1 aromatic heterocycles. The van der Waals surface area contributed by atoms with Crippen molar-refractivity contribution >= 4 is 24.3 Å². The number of fused-ring (bicyclic) bond motifs is 1. The molecule has 0 bridgehead atoms. The molecule has 2 aliphatic rings. The zero-order valence-electron chi connectivity index (χ0n) is 22.7. The van der Waals surface area contributed by atoms with Crippen molar-refractivity contribution in [3.8, 4) is 0 Å². The lowest BCUT2D eigenvalue weighted by Crippen LogP contribution is -2.40. The lowest BCUT2D eigenvalue weighted by atomic mass is 10.00. The second kappa shape index (κ2) is 14.8. The van der Waals surface area contributed by atoms with Gasteiger partial charge in [0.2, 0.25) is 6.41 Å². The highest BCUT2D eigenvalue weighted by molar-refractivity contribution is 5.88. The number of aryl methyl sites for hydroxylation is 2. The molecule has 1 unspecified atom stereocenters. The van der Waals surface area contributed by atoms with Gasteiger partial charge in [0.05, 0.1) is 13.5 Å². The second-order valence-corrected chi connectivity index (χ2v) is 10.6. The quantitative estimate of drug-likeness (QED) is 0.327. The van der Waals surface area contributed by atoms with Crippen molar-refractivity contribution < 1.29 is 23.9 Å². The van der Waals surface area contributed by atoms with Crippen LogP contribution in [0.1, 0.15) is 71.1 Å². The van der Waals surface area contributed by atoms with Crippen molar-refractivity contribution in [3.05, 3.63) is 23.4 Å². The largest absolute Gasteiger partial charge is 0.469 e. The number of rotatable bonds is 8. The molecule has 0 spiro atoms. The van der Waals surface area contributed by atoms with Crippen molar-refractivity contribution in [3.63, 3.8) is 0 Å². The van der Waals surface area contributed by atoms with E-state index in [0.29, 0.717) is 19.5 Å². The summed E-state index contributed by atoms with van der Waals surface area (Å²) in [5, 5.41) is 2.33. The van der Waals surface area contributed by atoms with E-state index in [0.717, 1.165) is 55.2 Å². The van der Waals surface area contributed by atoms with Crippen LogP contribution in [0.4, 0.5) is 10.6 Å². The molecule has 36 heavy (non-hydrogen) atoms. The summed E-state index contributed by atoms with van der Waals surface area (Å²) in [7, 11) is 1.31. The number of amides is 2. The van der Waals surface area contributed by atoms with E-state index in [1.54, 1.807) is 4.90 Å². The number of pyridine rings is 1. The Morgan fingerprint density at radius 2 is 2.00 bits per heavy atom. The number of likely N-dealkylation sites (tertiary alicyclic amines) is 1. The number of piperidine rings is 1. The van der Waals surface area contributed by atoms with Gasteiger partial charge in [0.1, 0.15) is 11.4 Å². The number of nitrogens with zero attached hydrogens (tertiary/aromatic N) is 3. The zero-order chi connectivity index (χ0) is 26.6. The summed E-state index contributed by atoms with van der Waals surface area (Å²) in [5.41, 5.74) is 1.74. The van der Waals surface area contributed by atoms with Gasteiger partial charge in [-0.15, -0.1) is 0 Å². The Labute approximate surface area is 215 Å². The maximum atomic E-state index is 12.6. The SMILES string of the molecule is CC1CCCN(CCCc2ccc3c(n2)N(C(=O)OC(C)(C)C)CCC3)C1.COC(=O)CCNC=O. The molecule has 2 amide bonds. The minimum absolute atomic E-state index is 0.231. The van der Waals surface area contributed by atoms with E-state index in [4.69, 9.17) is 9.72 Å². The van der Waals surface area contributed by atoms with Crippen molar-refractivity contribution in [2.45, 2.75) is 78.2 Å². The van der Waals surface area contributed by atoms with Crippen LogP contribution in [0.25, 0.3) is 0 Å². The molecule has 1 saturated heterocycles. The summed E-state index contributed by atoms with van der Waals surface area (Å²) in [6, 6.07) is 4.29. The predicted octanol–water partition coefficient (Wildman–Crippen LogP) is 3.73. The third kappa shape index (κ3) is 10.5. The molecule has 3 rings (SSSR count). The molecule has 9 nitrogen and oxygen atoms in total. The summed E-state index contributed by atoms with van der Waals surface area (Å²) in [6.45, 7) is 12.7. The normalized spacial score (nSPS) is 17.8. The highest BCUT2D eigenvalue weighted by Crippen LogP contribution is 2.27. The van der Waals surface area contributed by atoms with E-state index in [-0.39, 0.29) is 18.5 Å². The summed E-state index contributed by atoms with van der Waals surface area (Å²) >= 11 is 0. The topological polar surface area (TPSA) is 101 Å². The lowest BCUT2D eigenvalue weighted by Gasteiger charge is -2.31. The number of esters is 1. The summed E-state index contributed by atoms with van der Waals surface area (Å²) < 4.78 is 9.89. The van der Waals surface area contributed by atoms with Crippen LogP contribution >= 0.6 is 0 Å². The number of methoxy groups -OCH3 is 1. The fourth-order valence-electron chi connectivity index (χ4n) is 4.42. The number of hydrogen-bond acceptors (Lipinski definition) is 7. The fourth-order valence-corrected chi connectivity index (χ4v) is 4.42. The standard InChI is InChI=1S/C22H35N3O2.C5H9NO3/c1-17-8-5-13-24(16-17)14-7-10-19-12-11-18-9-6-15-25(20(18)23-19)21(26)27-22(2,3)4;1-9-5(8)2-3-6-4-7/h11-12,17H,5-10,13-16H2,1-4H3;4H,2-3H2,1H3,(H,6,7). The number of carbonyl (C=O) groups excluding carboxylic acids is 3. The molecule has 1 atom stereocenters. The van der Waals surface area contributed by atoms with Crippen molar-refractivity contribution in [1.29, 1.82) is 0 Å². The Kier molecular flexibility index (Phi) is 12.1. The number of nitrogens with one attached hydrogen (secondary N) is 1. The summed E-state index contributed by atoms with van der Waals surface area (Å²) in [4.78, 5) is 41.7. The van der Waals surface area contributed by atoms with Gasteiger partial charge >= 0.3 is 12.1 Å². The van der Waals surface area contributed by atoms with Gasteiger partial charge in [-0.3, -0.25) is 14.5 Å². The molecular formula is C27H44N4O5. The van der Waals surface area contributed by atoms with Crippen LogP contribution < -0.4 is 10.2 Å². The van der Waals surface area contributed by atoms with Gasteiger partial charge in [0, 0.05) is 25.3 Å². The van der Waals surface area contributed by atoms with Gasteiger partial charge < -0.3 is 19.7 Å². The van der Waals surface area contributed by atoms with E-state index < -0.39 is 5.60 Å². The number of ether oxygens (including phenoxy) is 2. The average molecular weight is 505 g/mol. The van der Waals surface area contributed by atoms with Gasteiger partial charge in [-0.2, -0.15) is 0 Å². The monoisotopic (exact) mass is 504 g/mol. The Hall–Kier alpha value is -2.68. The molecule has 0 saturated carbocycles. The van der Waals surface area contributed by atoms with Crippen LogP contribution in [0.5, 0.6) is 0 Å². The van der Waals surface area contributed by atoms with Gasteiger partial charge in [0.15, 0.2) is 0 Å². The van der Waals surface area contributed by atoms with E-state index >= 15 is 0 Å². The summed E-state index contributed by atoms with van der Waals surface area (Å²) in [5.74, 6) is 1.31. The molecule has 0 aliphatic carbocycles. The van der Waals surface area contributed by atoms with Gasteiger partial charge in [-0.1, -0.05) is 13.0 Å². The first-order valence-corrected chi connectivity index (χ1v) is 13.1. The average Bonchev–Trinajstić information content (AvgIpc) is 2.83. The zero-order valence-corrected chi connectivity index (χ0v) is 22.7. The van der Waals surface area contributed by atoms with Crippen molar-refractivity contribution in [2.24, 2.45) is 5.92 Å². The first-order valence-electron chi connectivity index (χ1n) is 13.1. The molecule has 202 valence electrons. The first kappa shape index (κ1) is 29.5. The Morgan fingerprint density at radius 1 is 1.22 bits per heavy atom. The molecule has 1 N–H and O–H groups in total. The number of hydrogen-bond donors (Lipinski definition) is 1. The van der Waals surface area contributed by atoms with E-state index in [2.05, 4.69) is 34.0 Å². The molecule has 0 aromatic carbocycles. The molecule has 1 fully saturated rings. The van der Waals surface area contributed by atoms with Crippen LogP contribution in [-0.2, 0) is 31.9 Å². The van der Waals surface area contributed by atoms with E-state index in [1.165, 1.54) is 33.0 Å². The minimum Gasteiger partial charge on any atom is -0.469 e. The Bertz CT molecular complexity index is 855. The van der Waals surface area contributed by atoms with Gasteiger partial charge in [-0.05, 0) is 89.9 Å². The third-order valence-corrected chi connectivity index (χ3v) is 6.14. The number of anilines is 1. The highest BCUT2D eigenvalue weighted by atomic mass is 16.6. The van der Waals surface area contributed by atoms with Crippen molar-refractivity contribution in [1.82, 2.24) is 15.2 Å². The number of carbonyl (C=O) groups is 3. The second-order valence-electron chi connectivity index (χ2n) is 10.6. The van der Waals surface area contributed by atoms with Crippen molar-refractivity contribution in [2.75, 3.05) is 44.7 Å². The predicted molar refractivity (Wildman–Crippen MR) is 140 cm³/mol. The maximum absolute atomic E-state index is 12.6. The fraction of sp³-hybridized carbons (Fsp3) is 0.704. The molecule has 0 radical (unpaired) electrons. The van der Waals surface area contributed by atoms with E-state index in [1.807, 2.05) is 20.8 Å². The van der Waals surface area contributed by atoms with Gasteiger partial charge in [0.25, 0.3) is 0 Å². The van der Waals surface area contributed by atoms with Gasteiger partial charge in [-0.25, -0.2) is 9.78 Å². The molecule has 2 aliphatic heterocycles. The first-order chi connectivity index (χ1) is 17.1. The van der Waals surface area contributed by atoms with Crippen LogP contribution in [0, 0.1) is 5.92 Å². The lowest BCUT2D eigenvalue weighted by molar-refractivity contribution is -0.140. The molecular weight excluding hydrogens is 460 g/mol.